The van der Waals surface area contributed by atoms with Gasteiger partial charge in [-0.05, 0) is 6.07 Å². The third-order valence-electron chi connectivity index (χ3n) is 3.11. The van der Waals surface area contributed by atoms with Crippen molar-refractivity contribution in [2.24, 2.45) is 0 Å². The van der Waals surface area contributed by atoms with Crippen LogP contribution in [0.3, 0.4) is 0 Å². The summed E-state index contributed by atoms with van der Waals surface area (Å²) in [4.78, 5) is 15.4. The molecule has 2 heterocycles. The quantitative estimate of drug-likeness (QED) is 0.605. The minimum atomic E-state index is -1.23. The fraction of sp³-hybridized carbons (Fsp3) is 0.500. The summed E-state index contributed by atoms with van der Waals surface area (Å²) in [6, 6.07) is 1.51. The van der Waals surface area contributed by atoms with E-state index in [-0.39, 0.29) is 5.56 Å². The second-order valence-corrected chi connectivity index (χ2v) is 4.21. The molecule has 0 aliphatic carbocycles. The molecule has 1 fully saturated rings. The lowest BCUT2D eigenvalue weighted by atomic mass is 9.99. The number of nitrogens with zero attached hydrogens (tertiary/aromatic N) is 1. The molecule has 7 heteroatoms. The monoisotopic (exact) mass is 269 g/mol. The number of methoxy groups -OCH3 is 1. The van der Waals surface area contributed by atoms with Crippen LogP contribution in [0.5, 0.6) is 0 Å². The number of carbonyl (C=O) groups excluding carboxylic acids is 1. The molecule has 7 nitrogen and oxygen atoms in total. The maximum atomic E-state index is 11.6. The van der Waals surface area contributed by atoms with Crippen molar-refractivity contribution in [3.05, 3.63) is 29.6 Å². The van der Waals surface area contributed by atoms with Crippen LogP contribution in [-0.4, -0.2) is 58.3 Å². The van der Waals surface area contributed by atoms with Gasteiger partial charge in [-0.3, -0.25) is 4.98 Å². The molecule has 1 aromatic rings. The highest BCUT2D eigenvalue weighted by Crippen LogP contribution is 2.34. The van der Waals surface area contributed by atoms with Gasteiger partial charge in [0, 0.05) is 18.0 Å². The Kier molecular flexibility index (Phi) is 4.11. The van der Waals surface area contributed by atoms with Crippen LogP contribution in [-0.2, 0) is 9.47 Å². The van der Waals surface area contributed by atoms with Gasteiger partial charge < -0.3 is 24.8 Å². The van der Waals surface area contributed by atoms with Crippen LogP contribution in [0.15, 0.2) is 18.5 Å². The first kappa shape index (κ1) is 13.9. The van der Waals surface area contributed by atoms with E-state index in [1.165, 1.54) is 25.6 Å². The van der Waals surface area contributed by atoms with Crippen LogP contribution in [0.2, 0.25) is 0 Å². The van der Waals surface area contributed by atoms with Crippen LogP contribution < -0.4 is 0 Å². The average Bonchev–Trinajstić information content (AvgIpc) is 2.74. The molecule has 4 atom stereocenters. The zero-order valence-corrected chi connectivity index (χ0v) is 10.3. The van der Waals surface area contributed by atoms with Crippen LogP contribution in [0.1, 0.15) is 22.0 Å². The Bertz CT molecular complexity index is 465. The van der Waals surface area contributed by atoms with Gasteiger partial charge >= 0.3 is 5.97 Å². The Morgan fingerprint density at radius 3 is 2.79 bits per heavy atom. The summed E-state index contributed by atoms with van der Waals surface area (Å²) in [6.45, 7) is -0.423. The van der Waals surface area contributed by atoms with Crippen LogP contribution in [0.4, 0.5) is 0 Å². The summed E-state index contributed by atoms with van der Waals surface area (Å²) >= 11 is 0. The molecule has 0 amide bonds. The predicted octanol–water partition coefficient (Wildman–Crippen LogP) is -0.978. The van der Waals surface area contributed by atoms with Gasteiger partial charge in [-0.15, -0.1) is 0 Å². The molecule has 0 unspecified atom stereocenters. The van der Waals surface area contributed by atoms with E-state index >= 15 is 0 Å². The molecule has 0 bridgehead atoms. The molecular formula is C12H15NO6. The standard InChI is InChI=1S/C12H15NO6/c1-18-12(17)7-4-13-3-2-6(7)11-10(16)9(15)8(5-14)19-11/h2-4,8-11,14-16H,5H2,1H3/t8-,9-,10-,11-/m1/s1. The van der Waals surface area contributed by atoms with Gasteiger partial charge in [0.15, 0.2) is 0 Å². The van der Waals surface area contributed by atoms with Crippen molar-refractivity contribution in [1.29, 1.82) is 0 Å². The first-order chi connectivity index (χ1) is 9.10. The van der Waals surface area contributed by atoms with Crippen LogP contribution in [0.25, 0.3) is 0 Å². The van der Waals surface area contributed by atoms with E-state index in [1.807, 2.05) is 0 Å². The molecule has 0 radical (unpaired) electrons. The van der Waals surface area contributed by atoms with Crippen LogP contribution >= 0.6 is 0 Å². The zero-order valence-electron chi connectivity index (χ0n) is 10.3. The fourth-order valence-corrected chi connectivity index (χ4v) is 2.09. The Balaban J connectivity index is 2.35. The highest BCUT2D eigenvalue weighted by atomic mass is 16.6. The number of hydrogen-bond acceptors (Lipinski definition) is 7. The predicted molar refractivity (Wildman–Crippen MR) is 62.3 cm³/mol. The number of aromatic nitrogens is 1. The van der Waals surface area contributed by atoms with Gasteiger partial charge in [0.2, 0.25) is 0 Å². The Hall–Kier alpha value is -1.54. The number of carbonyl (C=O) groups is 1. The SMILES string of the molecule is COC(=O)c1cnccc1[C@H]1O[C@H](CO)[C@@H](O)[C@H]1O. The maximum Gasteiger partial charge on any atom is 0.339 e. The van der Waals surface area contributed by atoms with E-state index in [1.54, 1.807) is 0 Å². The lowest BCUT2D eigenvalue weighted by Crippen LogP contribution is -2.32. The van der Waals surface area contributed by atoms with E-state index in [4.69, 9.17) is 9.84 Å². The number of aliphatic hydroxyl groups is 3. The molecule has 104 valence electrons. The zero-order chi connectivity index (χ0) is 14.0. The first-order valence-corrected chi connectivity index (χ1v) is 5.74. The van der Waals surface area contributed by atoms with Crippen molar-refractivity contribution >= 4 is 5.97 Å². The Morgan fingerprint density at radius 1 is 1.47 bits per heavy atom. The summed E-state index contributed by atoms with van der Waals surface area (Å²) in [5.41, 5.74) is 0.518. The summed E-state index contributed by atoms with van der Waals surface area (Å²) in [5.74, 6) is -0.610. The first-order valence-electron chi connectivity index (χ1n) is 5.74. The van der Waals surface area contributed by atoms with Crippen molar-refractivity contribution in [2.75, 3.05) is 13.7 Å². The summed E-state index contributed by atoms with van der Waals surface area (Å²) in [5, 5.41) is 28.7. The number of esters is 1. The molecular weight excluding hydrogens is 254 g/mol. The van der Waals surface area contributed by atoms with Gasteiger partial charge in [-0.2, -0.15) is 0 Å². The summed E-state index contributed by atoms with van der Waals surface area (Å²) < 4.78 is 9.99. The number of ether oxygens (including phenoxy) is 2. The van der Waals surface area contributed by atoms with E-state index < -0.39 is 37.0 Å². The smallest absolute Gasteiger partial charge is 0.339 e. The van der Waals surface area contributed by atoms with E-state index in [9.17, 15) is 15.0 Å². The third kappa shape index (κ3) is 2.45. The average molecular weight is 269 g/mol. The second-order valence-electron chi connectivity index (χ2n) is 4.21. The summed E-state index contributed by atoms with van der Waals surface area (Å²) in [6.07, 6.45) is -1.51. The number of pyridine rings is 1. The number of rotatable bonds is 3. The van der Waals surface area contributed by atoms with Crippen molar-refractivity contribution in [3.63, 3.8) is 0 Å². The maximum absolute atomic E-state index is 11.6. The number of hydrogen-bond donors (Lipinski definition) is 3. The van der Waals surface area contributed by atoms with E-state index in [0.29, 0.717) is 5.56 Å². The molecule has 0 spiro atoms. The second kappa shape index (κ2) is 5.62. The van der Waals surface area contributed by atoms with Gasteiger partial charge in [0.1, 0.15) is 24.4 Å². The molecule has 0 aromatic carbocycles. The Morgan fingerprint density at radius 2 is 2.21 bits per heavy atom. The van der Waals surface area contributed by atoms with Crippen molar-refractivity contribution in [3.8, 4) is 0 Å². The molecule has 1 aliphatic rings. The lowest BCUT2D eigenvalue weighted by molar-refractivity contribution is -0.0231. The Labute approximate surface area is 109 Å². The molecule has 3 N–H and O–H groups in total. The topological polar surface area (TPSA) is 109 Å². The fourth-order valence-electron chi connectivity index (χ4n) is 2.09. The minimum absolute atomic E-state index is 0.153. The summed E-state index contributed by atoms with van der Waals surface area (Å²) in [7, 11) is 1.23. The van der Waals surface area contributed by atoms with E-state index in [2.05, 4.69) is 9.72 Å². The minimum Gasteiger partial charge on any atom is -0.465 e. The lowest BCUT2D eigenvalue weighted by Gasteiger charge is -2.17. The molecule has 19 heavy (non-hydrogen) atoms. The van der Waals surface area contributed by atoms with Crippen LogP contribution in [0, 0.1) is 0 Å². The van der Waals surface area contributed by atoms with Crippen molar-refractivity contribution in [1.82, 2.24) is 4.98 Å². The van der Waals surface area contributed by atoms with Gasteiger partial charge in [0.05, 0.1) is 19.3 Å². The molecule has 1 aliphatic heterocycles. The molecule has 0 saturated carbocycles. The van der Waals surface area contributed by atoms with Crippen molar-refractivity contribution in [2.45, 2.75) is 24.4 Å². The highest BCUT2D eigenvalue weighted by Gasteiger charge is 2.44. The normalized spacial score (nSPS) is 30.3. The van der Waals surface area contributed by atoms with Gasteiger partial charge in [-0.25, -0.2) is 4.79 Å². The highest BCUT2D eigenvalue weighted by molar-refractivity contribution is 5.90. The third-order valence-corrected chi connectivity index (χ3v) is 3.11. The van der Waals surface area contributed by atoms with E-state index in [0.717, 1.165) is 0 Å². The molecule has 2 rings (SSSR count). The number of aliphatic hydroxyl groups excluding tert-OH is 3. The largest absolute Gasteiger partial charge is 0.465 e. The molecule has 1 saturated heterocycles. The molecule has 1 aromatic heterocycles. The van der Waals surface area contributed by atoms with Gasteiger partial charge in [-0.1, -0.05) is 0 Å². The van der Waals surface area contributed by atoms with Crippen molar-refractivity contribution < 1.29 is 29.6 Å². The van der Waals surface area contributed by atoms with Gasteiger partial charge in [0.25, 0.3) is 0 Å².